The lowest BCUT2D eigenvalue weighted by Gasteiger charge is -2.29. The van der Waals surface area contributed by atoms with Crippen LogP contribution in [0.4, 0.5) is 5.69 Å². The lowest BCUT2D eigenvalue weighted by atomic mass is 10.0. The van der Waals surface area contributed by atoms with Crippen molar-refractivity contribution in [1.29, 1.82) is 0 Å². The van der Waals surface area contributed by atoms with Gasteiger partial charge in [-0.05, 0) is 40.4 Å². The second-order valence-corrected chi connectivity index (χ2v) is 6.82. The molecule has 0 spiro atoms. The molecular formula is C17H16BrN5O2. The van der Waals surface area contributed by atoms with Crippen molar-refractivity contribution in [3.8, 4) is 0 Å². The standard InChI is InChI=1S/C17H16BrN5O2/c1-21-16-14(15(18)20-21)17(25)22(10-19-16)9-13(24)23-8-4-6-11-5-2-3-7-12(11)23/h2-3,5,7,10H,4,6,8-9H2,1H3. The van der Waals surface area contributed by atoms with Gasteiger partial charge in [0.15, 0.2) is 5.65 Å². The summed E-state index contributed by atoms with van der Waals surface area (Å²) in [5.74, 6) is -0.115. The van der Waals surface area contributed by atoms with E-state index >= 15 is 0 Å². The van der Waals surface area contributed by atoms with E-state index in [2.05, 4.69) is 26.0 Å². The minimum absolute atomic E-state index is 0.0442. The Balaban J connectivity index is 1.68. The number of carbonyl (C=O) groups is 1. The van der Waals surface area contributed by atoms with Gasteiger partial charge in [-0.2, -0.15) is 5.10 Å². The number of aromatic nitrogens is 4. The van der Waals surface area contributed by atoms with E-state index in [4.69, 9.17) is 0 Å². The quantitative estimate of drug-likeness (QED) is 0.656. The lowest BCUT2D eigenvalue weighted by molar-refractivity contribution is -0.119. The van der Waals surface area contributed by atoms with Gasteiger partial charge in [-0.3, -0.25) is 14.2 Å². The van der Waals surface area contributed by atoms with Crippen molar-refractivity contribution in [3.05, 3.63) is 51.1 Å². The normalized spacial score (nSPS) is 13.9. The van der Waals surface area contributed by atoms with Crippen molar-refractivity contribution < 1.29 is 4.79 Å². The predicted molar refractivity (Wildman–Crippen MR) is 97.6 cm³/mol. The van der Waals surface area contributed by atoms with Gasteiger partial charge in [-0.1, -0.05) is 18.2 Å². The second kappa shape index (κ2) is 6.11. The fraction of sp³-hybridized carbons (Fsp3) is 0.294. The highest BCUT2D eigenvalue weighted by molar-refractivity contribution is 9.10. The smallest absolute Gasteiger partial charge is 0.266 e. The van der Waals surface area contributed by atoms with Crippen LogP contribution in [0.15, 0.2) is 40.0 Å². The van der Waals surface area contributed by atoms with Crippen LogP contribution in [0.5, 0.6) is 0 Å². The zero-order valence-corrected chi connectivity index (χ0v) is 15.2. The molecule has 25 heavy (non-hydrogen) atoms. The number of carbonyl (C=O) groups excluding carboxylic acids is 1. The van der Waals surface area contributed by atoms with Gasteiger partial charge in [0.25, 0.3) is 5.56 Å². The van der Waals surface area contributed by atoms with E-state index in [-0.39, 0.29) is 18.0 Å². The molecule has 3 heterocycles. The fourth-order valence-electron chi connectivity index (χ4n) is 3.27. The molecule has 1 amide bonds. The highest BCUT2D eigenvalue weighted by Crippen LogP contribution is 2.26. The monoisotopic (exact) mass is 401 g/mol. The maximum absolute atomic E-state index is 12.8. The zero-order valence-electron chi connectivity index (χ0n) is 13.6. The van der Waals surface area contributed by atoms with Crippen LogP contribution in [0, 0.1) is 0 Å². The Morgan fingerprint density at radius 1 is 1.32 bits per heavy atom. The first-order chi connectivity index (χ1) is 12.1. The molecule has 0 unspecified atom stereocenters. The molecule has 0 radical (unpaired) electrons. The molecule has 1 aliphatic heterocycles. The number of anilines is 1. The van der Waals surface area contributed by atoms with Crippen molar-refractivity contribution in [2.45, 2.75) is 19.4 Å². The molecule has 128 valence electrons. The number of nitrogens with zero attached hydrogens (tertiary/aromatic N) is 5. The van der Waals surface area contributed by atoms with E-state index in [0.29, 0.717) is 22.2 Å². The maximum Gasteiger partial charge on any atom is 0.266 e. The fourth-order valence-corrected chi connectivity index (χ4v) is 3.86. The molecule has 7 nitrogen and oxygen atoms in total. The van der Waals surface area contributed by atoms with E-state index in [1.165, 1.54) is 15.6 Å². The molecule has 0 saturated heterocycles. The SMILES string of the molecule is Cn1nc(Br)c2c(=O)n(CC(=O)N3CCCc4ccccc43)cnc21. The lowest BCUT2D eigenvalue weighted by Crippen LogP contribution is -2.39. The Bertz CT molecular complexity index is 1040. The molecule has 4 rings (SSSR count). The molecule has 0 saturated carbocycles. The average Bonchev–Trinajstić information content (AvgIpc) is 2.91. The van der Waals surface area contributed by atoms with Crippen LogP contribution in [0.1, 0.15) is 12.0 Å². The molecule has 3 aromatic rings. The predicted octanol–water partition coefficient (Wildman–Crippen LogP) is 1.87. The summed E-state index contributed by atoms with van der Waals surface area (Å²) < 4.78 is 3.31. The van der Waals surface area contributed by atoms with Gasteiger partial charge in [-0.15, -0.1) is 0 Å². The van der Waals surface area contributed by atoms with E-state index in [1.54, 1.807) is 11.9 Å². The van der Waals surface area contributed by atoms with Gasteiger partial charge >= 0.3 is 0 Å². The number of aryl methyl sites for hydroxylation is 2. The van der Waals surface area contributed by atoms with E-state index in [0.717, 1.165) is 24.1 Å². The van der Waals surface area contributed by atoms with E-state index < -0.39 is 0 Å². The number of amides is 1. The van der Waals surface area contributed by atoms with Gasteiger partial charge in [0.1, 0.15) is 22.9 Å². The highest BCUT2D eigenvalue weighted by Gasteiger charge is 2.23. The number of halogens is 1. The summed E-state index contributed by atoms with van der Waals surface area (Å²) >= 11 is 3.29. The third kappa shape index (κ3) is 2.66. The maximum atomic E-state index is 12.8. The van der Waals surface area contributed by atoms with Crippen LogP contribution in [-0.2, 0) is 24.8 Å². The summed E-state index contributed by atoms with van der Waals surface area (Å²) in [6.07, 6.45) is 3.30. The highest BCUT2D eigenvalue weighted by atomic mass is 79.9. The average molecular weight is 402 g/mol. The molecule has 0 bridgehead atoms. The van der Waals surface area contributed by atoms with Crippen LogP contribution in [-0.4, -0.2) is 31.8 Å². The van der Waals surface area contributed by atoms with Crippen molar-refractivity contribution >= 4 is 38.6 Å². The van der Waals surface area contributed by atoms with Crippen LogP contribution in [0.2, 0.25) is 0 Å². The summed E-state index contributed by atoms with van der Waals surface area (Å²) in [5.41, 5.74) is 2.31. The van der Waals surface area contributed by atoms with E-state index in [1.807, 2.05) is 24.3 Å². The van der Waals surface area contributed by atoms with Crippen LogP contribution < -0.4 is 10.5 Å². The number of hydrogen-bond donors (Lipinski definition) is 0. The number of fused-ring (bicyclic) bond motifs is 2. The largest absolute Gasteiger partial charge is 0.311 e. The third-order valence-electron chi connectivity index (χ3n) is 4.49. The molecule has 0 atom stereocenters. The third-order valence-corrected chi connectivity index (χ3v) is 5.04. The summed E-state index contributed by atoms with van der Waals surface area (Å²) in [6, 6.07) is 7.90. The molecule has 8 heteroatoms. The Kier molecular flexibility index (Phi) is 3.91. The van der Waals surface area contributed by atoms with Gasteiger partial charge in [0.05, 0.1) is 0 Å². The molecule has 0 fully saturated rings. The summed E-state index contributed by atoms with van der Waals surface area (Å²) in [6.45, 7) is 0.619. The first-order valence-corrected chi connectivity index (χ1v) is 8.81. The van der Waals surface area contributed by atoms with Gasteiger partial charge in [0.2, 0.25) is 5.91 Å². The minimum Gasteiger partial charge on any atom is -0.311 e. The van der Waals surface area contributed by atoms with Crippen molar-refractivity contribution in [1.82, 2.24) is 19.3 Å². The summed E-state index contributed by atoms with van der Waals surface area (Å²) in [7, 11) is 1.72. The van der Waals surface area contributed by atoms with Crippen molar-refractivity contribution in [2.75, 3.05) is 11.4 Å². The summed E-state index contributed by atoms with van der Waals surface area (Å²) in [5, 5.41) is 4.54. The second-order valence-electron chi connectivity index (χ2n) is 6.07. The number of hydrogen-bond acceptors (Lipinski definition) is 4. The van der Waals surface area contributed by atoms with Gasteiger partial charge < -0.3 is 4.90 Å². The zero-order chi connectivity index (χ0) is 17.6. The minimum atomic E-state index is -0.274. The first-order valence-electron chi connectivity index (χ1n) is 8.02. The number of rotatable bonds is 2. The van der Waals surface area contributed by atoms with Crippen LogP contribution in [0.3, 0.4) is 0 Å². The van der Waals surface area contributed by atoms with Crippen molar-refractivity contribution in [3.63, 3.8) is 0 Å². The summed E-state index contributed by atoms with van der Waals surface area (Å²) in [4.78, 5) is 31.5. The number of para-hydroxylation sites is 1. The molecule has 0 aliphatic carbocycles. The number of benzene rings is 1. The van der Waals surface area contributed by atoms with Gasteiger partial charge in [-0.25, -0.2) is 9.67 Å². The molecule has 1 aromatic carbocycles. The molecular weight excluding hydrogens is 386 g/mol. The molecule has 2 aromatic heterocycles. The van der Waals surface area contributed by atoms with Crippen LogP contribution in [0.25, 0.3) is 11.0 Å². The Hall–Kier alpha value is -2.48. The topological polar surface area (TPSA) is 73.0 Å². The van der Waals surface area contributed by atoms with Crippen molar-refractivity contribution in [2.24, 2.45) is 7.05 Å². The van der Waals surface area contributed by atoms with E-state index in [9.17, 15) is 9.59 Å². The Morgan fingerprint density at radius 2 is 2.12 bits per heavy atom. The first kappa shape index (κ1) is 16.0. The van der Waals surface area contributed by atoms with Gasteiger partial charge in [0, 0.05) is 19.3 Å². The molecule has 1 aliphatic rings. The molecule has 0 N–H and O–H groups in total. The van der Waals surface area contributed by atoms with Crippen LogP contribution >= 0.6 is 15.9 Å². The Morgan fingerprint density at radius 3 is 2.96 bits per heavy atom. The Labute approximate surface area is 152 Å².